The first-order valence-electron chi connectivity index (χ1n) is 46.3. The number of benzene rings is 21. The van der Waals surface area contributed by atoms with Crippen molar-refractivity contribution in [1.29, 1.82) is 5.26 Å². The van der Waals surface area contributed by atoms with Gasteiger partial charge in [0.2, 0.25) is 0 Å². The zero-order valence-electron chi connectivity index (χ0n) is 75.2. The number of pyridine rings is 3. The van der Waals surface area contributed by atoms with Crippen molar-refractivity contribution in [3.63, 3.8) is 0 Å². The average molecular weight is 1750 g/mol. The number of rotatable bonds is 15. The van der Waals surface area contributed by atoms with Gasteiger partial charge >= 0.3 is 0 Å². The van der Waals surface area contributed by atoms with E-state index in [1.165, 1.54) is 66.8 Å². The molecule has 24 aromatic rings. The van der Waals surface area contributed by atoms with Crippen LogP contribution in [0.4, 0.5) is 11.4 Å². The molecule has 24 rings (SSSR count). The smallest absolute Gasteiger partial charge is 0.194 e. The Labute approximate surface area is 802 Å². The molecule has 0 N–H and O–H groups in total. The minimum atomic E-state index is 0.630. The predicted octanol–water partition coefficient (Wildman–Crippen LogP) is 36.1. The van der Waals surface area contributed by atoms with Gasteiger partial charge in [-0.15, -0.1) is 0 Å². The van der Waals surface area contributed by atoms with Crippen LogP contribution in [0.5, 0.6) is 0 Å². The molecule has 0 atom stereocenters. The van der Waals surface area contributed by atoms with Crippen molar-refractivity contribution >= 4 is 76.4 Å². The summed E-state index contributed by atoms with van der Waals surface area (Å²) in [5.41, 5.74) is 38.1. The van der Waals surface area contributed by atoms with E-state index in [4.69, 9.17) is 28.1 Å². The second-order valence-electron chi connectivity index (χ2n) is 34.4. The van der Waals surface area contributed by atoms with Gasteiger partial charge in [0, 0.05) is 49.0 Å². The molecular formula is C132H84N6. The van der Waals surface area contributed by atoms with E-state index in [1.807, 2.05) is 103 Å². The van der Waals surface area contributed by atoms with Gasteiger partial charge in [-0.05, 0) is 204 Å². The Bertz CT molecular complexity index is 8780. The van der Waals surface area contributed by atoms with Crippen LogP contribution in [0.2, 0.25) is 0 Å². The molecular weight excluding hydrogens is 1670 g/mol. The molecule has 0 aliphatic heterocycles. The van der Waals surface area contributed by atoms with Crippen molar-refractivity contribution in [2.45, 2.75) is 0 Å². The first-order valence-corrected chi connectivity index (χ1v) is 46.3. The molecule has 6 heteroatoms. The lowest BCUT2D eigenvalue weighted by atomic mass is 9.90. The molecule has 21 aromatic carbocycles. The van der Waals surface area contributed by atoms with Gasteiger partial charge in [-0.3, -0.25) is 0 Å². The van der Waals surface area contributed by atoms with Crippen LogP contribution in [-0.2, 0) is 0 Å². The summed E-state index contributed by atoms with van der Waals surface area (Å²) in [6.45, 7) is 15.5. The molecule has 642 valence electrons. The van der Waals surface area contributed by atoms with E-state index in [9.17, 15) is 5.26 Å². The molecule has 0 aliphatic carbocycles. The SMILES string of the molecule is N#Cc1ccc(-c2cc3c(-c4ccc(-c5ccccc5)cc4)cc(-c4ccc(-c5ccccc5)cc4)nc3c3ccccc23)cc1.[C-]#[N+]c1cccc(-c2cc3c(-c4ccc(-c5ccccc5)cc4)cc(-c4ccc(-c5ccccc5)cc4)nc3c3ccccc23)c1.[C-]#[N+]c1ccccc1-c1cc2c(-c3ccc(-c4ccccc4)cc3)cc(-c3ccc(-c4ccccc4)cc3)nc2c2ccccc12. The number of fused-ring (bicyclic) bond motifs is 9. The summed E-state index contributed by atoms with van der Waals surface area (Å²) in [5, 5.41) is 19.2. The molecule has 0 saturated carbocycles. The summed E-state index contributed by atoms with van der Waals surface area (Å²) in [6, 6.07) is 180. The van der Waals surface area contributed by atoms with Gasteiger partial charge in [-0.25, -0.2) is 24.6 Å². The Balaban J connectivity index is 0.000000119. The molecule has 0 spiro atoms. The van der Waals surface area contributed by atoms with Crippen molar-refractivity contribution in [3.8, 4) is 173 Å². The Morgan fingerprint density at radius 2 is 0.399 bits per heavy atom. The predicted molar refractivity (Wildman–Crippen MR) is 577 cm³/mol. The van der Waals surface area contributed by atoms with E-state index >= 15 is 0 Å². The highest BCUT2D eigenvalue weighted by molar-refractivity contribution is 6.20. The van der Waals surface area contributed by atoms with Crippen LogP contribution in [0.15, 0.2) is 510 Å². The fraction of sp³-hybridized carbons (Fsp3) is 0. The maximum absolute atomic E-state index is 9.40. The van der Waals surface area contributed by atoms with Gasteiger partial charge in [-0.1, -0.05) is 455 Å². The highest BCUT2D eigenvalue weighted by Crippen LogP contribution is 2.48. The maximum atomic E-state index is 9.40. The molecule has 0 aliphatic rings. The third-order valence-electron chi connectivity index (χ3n) is 26.2. The lowest BCUT2D eigenvalue weighted by molar-refractivity contribution is 1.41. The number of para-hydroxylation sites is 1. The molecule has 0 fully saturated rings. The van der Waals surface area contributed by atoms with Gasteiger partial charge in [0.05, 0.1) is 58.4 Å². The first-order chi connectivity index (χ1) is 68.3. The third kappa shape index (κ3) is 17.2. The van der Waals surface area contributed by atoms with Gasteiger partial charge in [0.1, 0.15) is 0 Å². The Kier molecular flexibility index (Phi) is 23.4. The summed E-state index contributed by atoms with van der Waals surface area (Å²) in [7, 11) is 0. The summed E-state index contributed by atoms with van der Waals surface area (Å²) in [5.74, 6) is 0. The number of aromatic nitrogens is 3. The van der Waals surface area contributed by atoms with Crippen molar-refractivity contribution in [2.75, 3.05) is 0 Å². The van der Waals surface area contributed by atoms with Crippen LogP contribution >= 0.6 is 0 Å². The summed E-state index contributed by atoms with van der Waals surface area (Å²) < 4.78 is 0. The molecule has 3 heterocycles. The number of hydrogen-bond acceptors (Lipinski definition) is 4. The van der Waals surface area contributed by atoms with Crippen LogP contribution in [0, 0.1) is 24.5 Å². The highest BCUT2D eigenvalue weighted by atomic mass is 14.7. The zero-order valence-corrected chi connectivity index (χ0v) is 75.2. The zero-order chi connectivity index (χ0) is 92.6. The Morgan fingerprint density at radius 3 is 0.703 bits per heavy atom. The standard InChI is InChI=1S/3C44H28N2/c1-45-42-19-11-10-17-37(42)40-28-41-39(34-24-20-32(21-25-34)30-12-4-2-5-13-30)29-43(46-44(41)38-18-9-8-16-36(38)40)35-26-22-33(23-27-35)31-14-6-3-7-15-31;1-45-37-16-10-15-36(27-37)40-28-42-41(34-23-19-32(20-24-34)30-11-4-2-5-12-30)29-43(46-44(42)39-18-9-8-17-38(39)40)35-25-21-33(22-26-35)31-13-6-3-7-14-31;45-29-30-15-17-35(18-16-30)40-27-42-41(36-23-19-33(20-24-36)31-9-3-1-4-10-31)28-43(46-44(42)39-14-8-7-13-38(39)40)37-25-21-34(22-26-37)32-11-5-2-6-12-32/h2*2-29H;1-28H. The molecule has 0 radical (unpaired) electrons. The number of hydrogen-bond donors (Lipinski definition) is 0. The normalized spacial score (nSPS) is 11.0. The third-order valence-corrected chi connectivity index (χ3v) is 26.2. The molecule has 3 aromatic heterocycles. The minimum Gasteiger partial charge on any atom is -0.247 e. The van der Waals surface area contributed by atoms with Crippen LogP contribution in [0.25, 0.3) is 242 Å². The van der Waals surface area contributed by atoms with E-state index < -0.39 is 0 Å². The monoisotopic (exact) mass is 1750 g/mol. The maximum Gasteiger partial charge on any atom is 0.194 e. The van der Waals surface area contributed by atoms with Crippen LogP contribution < -0.4 is 0 Å². The second-order valence-corrected chi connectivity index (χ2v) is 34.4. The van der Waals surface area contributed by atoms with Gasteiger partial charge in [-0.2, -0.15) is 5.26 Å². The van der Waals surface area contributed by atoms with E-state index in [-0.39, 0.29) is 0 Å². The van der Waals surface area contributed by atoms with Crippen molar-refractivity contribution in [3.05, 3.63) is 538 Å². The van der Waals surface area contributed by atoms with Crippen LogP contribution in [0.1, 0.15) is 5.56 Å². The van der Waals surface area contributed by atoms with Crippen LogP contribution in [-0.4, -0.2) is 15.0 Å². The van der Waals surface area contributed by atoms with Crippen molar-refractivity contribution in [1.82, 2.24) is 15.0 Å². The fourth-order valence-corrected chi connectivity index (χ4v) is 19.1. The van der Waals surface area contributed by atoms with Gasteiger partial charge in [0.15, 0.2) is 11.4 Å². The van der Waals surface area contributed by atoms with Crippen molar-refractivity contribution < 1.29 is 0 Å². The number of nitriles is 1. The van der Waals surface area contributed by atoms with E-state index in [0.29, 0.717) is 16.9 Å². The first kappa shape index (κ1) is 84.6. The molecule has 6 nitrogen and oxygen atoms in total. The molecule has 0 unspecified atom stereocenters. The van der Waals surface area contributed by atoms with Crippen LogP contribution in [0.3, 0.4) is 0 Å². The second kappa shape index (κ2) is 38.1. The summed E-state index contributed by atoms with van der Waals surface area (Å²) in [4.78, 5) is 23.6. The average Bonchev–Trinajstić information content (AvgIpc) is 0.749. The molecule has 0 amide bonds. The van der Waals surface area contributed by atoms with Gasteiger partial charge < -0.3 is 0 Å². The lowest BCUT2D eigenvalue weighted by Gasteiger charge is -2.17. The topological polar surface area (TPSA) is 71.2 Å². The lowest BCUT2D eigenvalue weighted by Crippen LogP contribution is -1.93. The Morgan fingerprint density at radius 1 is 0.167 bits per heavy atom. The number of nitrogens with zero attached hydrogens (tertiary/aromatic N) is 6. The Hall–Kier alpha value is -18.9. The largest absolute Gasteiger partial charge is 0.247 e. The highest BCUT2D eigenvalue weighted by Gasteiger charge is 2.23. The van der Waals surface area contributed by atoms with E-state index in [0.717, 1.165) is 166 Å². The summed E-state index contributed by atoms with van der Waals surface area (Å²) in [6.07, 6.45) is 0. The summed E-state index contributed by atoms with van der Waals surface area (Å²) >= 11 is 0. The molecule has 0 bridgehead atoms. The quantitative estimate of drug-likeness (QED) is 0.0757. The van der Waals surface area contributed by atoms with Crippen molar-refractivity contribution in [2.24, 2.45) is 0 Å². The fourth-order valence-electron chi connectivity index (χ4n) is 19.1. The van der Waals surface area contributed by atoms with E-state index in [2.05, 4.69) is 422 Å². The molecule has 138 heavy (non-hydrogen) atoms. The minimum absolute atomic E-state index is 0.630. The van der Waals surface area contributed by atoms with Gasteiger partial charge in [0.25, 0.3) is 0 Å². The molecule has 0 saturated heterocycles. The van der Waals surface area contributed by atoms with E-state index in [1.54, 1.807) is 0 Å².